The summed E-state index contributed by atoms with van der Waals surface area (Å²) in [7, 11) is 0. The molecule has 0 amide bonds. The number of hydrogen-bond donors (Lipinski definition) is 0. The van der Waals surface area contributed by atoms with Gasteiger partial charge in [0.05, 0.1) is 5.56 Å². The molecular weight excluding hydrogens is 311 g/mol. The molecule has 0 aliphatic heterocycles. The number of para-hydroxylation sites is 1. The van der Waals surface area contributed by atoms with Gasteiger partial charge in [0, 0.05) is 23.6 Å². The van der Waals surface area contributed by atoms with Gasteiger partial charge in [0.15, 0.2) is 0 Å². The molecule has 0 saturated heterocycles. The lowest BCUT2D eigenvalue weighted by Crippen LogP contribution is -2.06. The second-order valence-corrected chi connectivity index (χ2v) is 6.23. The van der Waals surface area contributed by atoms with Gasteiger partial charge < -0.3 is 4.57 Å². The molecule has 0 unspecified atom stereocenters. The molecule has 4 rings (SSSR count). The van der Waals surface area contributed by atoms with Crippen molar-refractivity contribution in [3.63, 3.8) is 0 Å². The Morgan fingerprint density at radius 3 is 2.54 bits per heavy atom. The van der Waals surface area contributed by atoms with Crippen LogP contribution in [0.1, 0.15) is 29.5 Å². The van der Waals surface area contributed by atoms with Crippen LogP contribution in [0.3, 0.4) is 0 Å². The summed E-state index contributed by atoms with van der Waals surface area (Å²) < 4.78 is 40.7. The van der Waals surface area contributed by atoms with Crippen LogP contribution in [0.15, 0.2) is 60.3 Å². The Hall–Kier alpha value is -2.49. The smallest absolute Gasteiger partial charge is 0.342 e. The van der Waals surface area contributed by atoms with Crippen molar-refractivity contribution >= 4 is 17.0 Å². The number of allylic oxidation sites excluding steroid dienone is 1. The second kappa shape index (κ2) is 5.55. The second-order valence-electron chi connectivity index (χ2n) is 6.23. The molecule has 0 spiro atoms. The summed E-state index contributed by atoms with van der Waals surface area (Å²) >= 11 is 0. The van der Waals surface area contributed by atoms with Crippen LogP contribution in [0.5, 0.6) is 0 Å². The highest BCUT2D eigenvalue weighted by atomic mass is 19.4. The highest BCUT2D eigenvalue weighted by Gasteiger charge is 2.30. The van der Waals surface area contributed by atoms with Crippen molar-refractivity contribution in [2.24, 2.45) is 0 Å². The first kappa shape index (κ1) is 15.1. The predicted molar refractivity (Wildman–Crippen MR) is 89.7 cm³/mol. The predicted octanol–water partition coefficient (Wildman–Crippen LogP) is 5.89. The first-order valence-corrected chi connectivity index (χ1v) is 7.94. The van der Waals surface area contributed by atoms with Crippen molar-refractivity contribution in [2.75, 3.05) is 0 Å². The van der Waals surface area contributed by atoms with Crippen molar-refractivity contribution in [1.82, 2.24) is 4.57 Å². The van der Waals surface area contributed by atoms with E-state index in [1.165, 1.54) is 17.7 Å². The molecule has 1 heterocycles. The molecule has 1 nitrogen and oxygen atoms in total. The molecule has 2 aromatic carbocycles. The minimum atomic E-state index is -4.31. The number of hydrogen-bond acceptors (Lipinski definition) is 0. The van der Waals surface area contributed by atoms with Crippen molar-refractivity contribution in [3.8, 4) is 0 Å². The average Bonchev–Trinajstić information content (AvgIpc) is 3.31. The molecule has 0 atom stereocenters. The summed E-state index contributed by atoms with van der Waals surface area (Å²) in [4.78, 5) is 0. The minimum absolute atomic E-state index is 0.424. The quantitative estimate of drug-likeness (QED) is 0.565. The van der Waals surface area contributed by atoms with Crippen molar-refractivity contribution in [1.29, 1.82) is 0 Å². The lowest BCUT2D eigenvalue weighted by molar-refractivity contribution is -0.137. The fraction of sp³-hybridized carbons (Fsp3) is 0.200. The van der Waals surface area contributed by atoms with Crippen LogP contribution in [-0.2, 0) is 12.7 Å². The lowest BCUT2D eigenvalue weighted by Gasteiger charge is -2.10. The normalized spacial score (nSPS) is 14.2. The van der Waals surface area contributed by atoms with E-state index in [4.69, 9.17) is 0 Å². The van der Waals surface area contributed by atoms with Crippen molar-refractivity contribution in [2.45, 2.75) is 25.6 Å². The zero-order valence-electron chi connectivity index (χ0n) is 13.0. The van der Waals surface area contributed by atoms with Gasteiger partial charge in [-0.3, -0.25) is 0 Å². The number of halogens is 3. The molecule has 24 heavy (non-hydrogen) atoms. The molecule has 0 bridgehead atoms. The summed E-state index contributed by atoms with van der Waals surface area (Å²) in [5.41, 5.74) is 3.66. The number of benzene rings is 2. The SMILES string of the molecule is FC(F)(F)c1cccc(Cn2cc(C=C3CC3)c3ccccc32)c1. The van der Waals surface area contributed by atoms with Gasteiger partial charge in [-0.15, -0.1) is 0 Å². The van der Waals surface area contributed by atoms with Crippen LogP contribution < -0.4 is 0 Å². The van der Waals surface area contributed by atoms with Crippen molar-refractivity contribution in [3.05, 3.63) is 77.0 Å². The fourth-order valence-electron chi connectivity index (χ4n) is 3.00. The number of aromatic nitrogens is 1. The van der Waals surface area contributed by atoms with E-state index in [0.717, 1.165) is 35.4 Å². The van der Waals surface area contributed by atoms with Crippen LogP contribution >= 0.6 is 0 Å². The maximum absolute atomic E-state index is 12.9. The highest BCUT2D eigenvalue weighted by molar-refractivity contribution is 5.90. The molecule has 4 heteroatoms. The van der Waals surface area contributed by atoms with Gasteiger partial charge in [0.1, 0.15) is 0 Å². The Bertz CT molecular complexity index is 925. The third kappa shape index (κ3) is 2.96. The maximum atomic E-state index is 12.9. The average molecular weight is 327 g/mol. The number of fused-ring (bicyclic) bond motifs is 1. The molecule has 0 N–H and O–H groups in total. The van der Waals surface area contributed by atoms with E-state index >= 15 is 0 Å². The monoisotopic (exact) mass is 327 g/mol. The third-order valence-corrected chi connectivity index (χ3v) is 4.32. The van der Waals surface area contributed by atoms with Crippen LogP contribution in [-0.4, -0.2) is 4.57 Å². The molecule has 1 aliphatic rings. The van der Waals surface area contributed by atoms with Gasteiger partial charge in [-0.25, -0.2) is 0 Å². The Labute approximate surface area is 138 Å². The molecule has 1 aromatic heterocycles. The lowest BCUT2D eigenvalue weighted by atomic mass is 10.1. The van der Waals surface area contributed by atoms with E-state index in [-0.39, 0.29) is 0 Å². The maximum Gasteiger partial charge on any atom is 0.416 e. The van der Waals surface area contributed by atoms with E-state index in [1.807, 2.05) is 29.0 Å². The highest BCUT2D eigenvalue weighted by Crippen LogP contribution is 2.33. The fourth-order valence-corrected chi connectivity index (χ4v) is 3.00. The summed E-state index contributed by atoms with van der Waals surface area (Å²) in [6, 6.07) is 13.6. The molecule has 1 fully saturated rings. The van der Waals surface area contributed by atoms with Gasteiger partial charge in [0.2, 0.25) is 0 Å². The Kier molecular flexibility index (Phi) is 3.48. The van der Waals surface area contributed by atoms with Gasteiger partial charge >= 0.3 is 6.18 Å². The standard InChI is InChI=1S/C20H16F3N/c21-20(22,23)17-5-3-4-15(11-17)12-24-13-16(10-14-8-9-14)18-6-1-2-7-19(18)24/h1-7,10-11,13H,8-9,12H2. The summed E-state index contributed by atoms with van der Waals surface area (Å²) in [6.07, 6.45) is 2.22. The van der Waals surface area contributed by atoms with E-state index < -0.39 is 11.7 Å². The molecule has 3 aromatic rings. The van der Waals surface area contributed by atoms with E-state index in [1.54, 1.807) is 6.07 Å². The summed E-state index contributed by atoms with van der Waals surface area (Å²) in [5.74, 6) is 0. The minimum Gasteiger partial charge on any atom is -0.342 e. The van der Waals surface area contributed by atoms with Crippen LogP contribution in [0.4, 0.5) is 13.2 Å². The molecular formula is C20H16F3N. The van der Waals surface area contributed by atoms with Crippen LogP contribution in [0.2, 0.25) is 0 Å². The van der Waals surface area contributed by atoms with Crippen LogP contribution in [0, 0.1) is 0 Å². The molecule has 1 aliphatic carbocycles. The largest absolute Gasteiger partial charge is 0.416 e. The third-order valence-electron chi connectivity index (χ3n) is 4.32. The van der Waals surface area contributed by atoms with E-state index in [9.17, 15) is 13.2 Å². The first-order valence-electron chi connectivity index (χ1n) is 7.94. The summed E-state index contributed by atoms with van der Waals surface area (Å²) in [6.45, 7) is 0.424. The number of nitrogens with zero attached hydrogens (tertiary/aromatic N) is 1. The zero-order chi connectivity index (χ0) is 16.7. The first-order chi connectivity index (χ1) is 11.5. The van der Waals surface area contributed by atoms with Gasteiger partial charge in [0.25, 0.3) is 0 Å². The Balaban J connectivity index is 1.74. The van der Waals surface area contributed by atoms with Crippen molar-refractivity contribution < 1.29 is 13.2 Å². The molecule has 0 radical (unpaired) electrons. The van der Waals surface area contributed by atoms with Gasteiger partial charge in [-0.2, -0.15) is 13.2 Å². The Morgan fingerprint density at radius 2 is 1.79 bits per heavy atom. The topological polar surface area (TPSA) is 4.93 Å². The molecule has 1 saturated carbocycles. The number of alkyl halides is 3. The molecule has 122 valence electrons. The van der Waals surface area contributed by atoms with Gasteiger partial charge in [-0.05, 0) is 42.2 Å². The summed E-state index contributed by atoms with van der Waals surface area (Å²) in [5, 5.41) is 1.14. The Morgan fingerprint density at radius 1 is 1.00 bits per heavy atom. The van der Waals surface area contributed by atoms with E-state index in [2.05, 4.69) is 12.1 Å². The van der Waals surface area contributed by atoms with Crippen LogP contribution in [0.25, 0.3) is 17.0 Å². The van der Waals surface area contributed by atoms with Gasteiger partial charge in [-0.1, -0.05) is 42.0 Å². The zero-order valence-corrected chi connectivity index (χ0v) is 13.0. The number of rotatable bonds is 3. The van der Waals surface area contributed by atoms with E-state index in [0.29, 0.717) is 12.1 Å².